The van der Waals surface area contributed by atoms with Crippen LogP contribution >= 0.6 is 0 Å². The summed E-state index contributed by atoms with van der Waals surface area (Å²) in [6.07, 6.45) is -0.223. The zero-order valence-corrected chi connectivity index (χ0v) is 10.7. The quantitative estimate of drug-likeness (QED) is 0.866. The number of cyclic esters (lactones) is 1. The van der Waals surface area contributed by atoms with Crippen LogP contribution < -0.4 is 10.1 Å². The Bertz CT molecular complexity index is 434. The largest absolute Gasteiger partial charge is 0.497 e. The molecule has 0 aliphatic carbocycles. The molecular formula is C13H18N2O3. The van der Waals surface area contributed by atoms with Crippen molar-refractivity contribution in [1.29, 1.82) is 0 Å². The molecule has 1 aliphatic rings. The van der Waals surface area contributed by atoms with E-state index < -0.39 is 0 Å². The first-order chi connectivity index (χ1) is 8.70. The van der Waals surface area contributed by atoms with Crippen molar-refractivity contribution < 1.29 is 14.3 Å². The highest BCUT2D eigenvalue weighted by molar-refractivity contribution is 5.69. The van der Waals surface area contributed by atoms with Gasteiger partial charge in [-0.2, -0.15) is 0 Å². The summed E-state index contributed by atoms with van der Waals surface area (Å²) >= 11 is 0. The minimum Gasteiger partial charge on any atom is -0.497 e. The smallest absolute Gasteiger partial charge is 0.409 e. The van der Waals surface area contributed by atoms with Gasteiger partial charge in [-0.1, -0.05) is 6.07 Å². The fourth-order valence-electron chi connectivity index (χ4n) is 1.87. The standard InChI is InChI=1S/C13H18N2O3/c1-10-3-4-11(17-2)9-12(10)14-5-6-15-7-8-18-13(15)16/h3-4,9,14H,5-8H2,1-2H3. The fraction of sp³-hybridized carbons (Fsp3) is 0.462. The molecule has 1 aromatic carbocycles. The van der Waals surface area contributed by atoms with Crippen LogP contribution in [0.1, 0.15) is 5.56 Å². The molecule has 0 aromatic heterocycles. The van der Waals surface area contributed by atoms with Gasteiger partial charge in [0.2, 0.25) is 0 Å². The number of anilines is 1. The predicted octanol–water partition coefficient (Wildman–Crippen LogP) is 1.87. The number of amides is 1. The molecule has 0 bridgehead atoms. The van der Waals surface area contributed by atoms with Crippen molar-refractivity contribution in [3.63, 3.8) is 0 Å². The van der Waals surface area contributed by atoms with Gasteiger partial charge < -0.3 is 19.7 Å². The number of hydrogen-bond acceptors (Lipinski definition) is 4. The van der Waals surface area contributed by atoms with Crippen LogP contribution in [0.2, 0.25) is 0 Å². The summed E-state index contributed by atoms with van der Waals surface area (Å²) in [4.78, 5) is 12.9. The van der Waals surface area contributed by atoms with E-state index in [0.717, 1.165) is 17.0 Å². The van der Waals surface area contributed by atoms with Crippen molar-refractivity contribution >= 4 is 11.8 Å². The molecule has 2 rings (SSSR count). The lowest BCUT2D eigenvalue weighted by atomic mass is 10.2. The number of aryl methyl sites for hydroxylation is 1. The van der Waals surface area contributed by atoms with Crippen molar-refractivity contribution in [2.24, 2.45) is 0 Å². The molecule has 5 heteroatoms. The third kappa shape index (κ3) is 2.85. The number of methoxy groups -OCH3 is 1. The van der Waals surface area contributed by atoms with Crippen LogP contribution in [-0.2, 0) is 4.74 Å². The highest BCUT2D eigenvalue weighted by atomic mass is 16.6. The summed E-state index contributed by atoms with van der Waals surface area (Å²) in [6.45, 7) is 4.55. The zero-order valence-electron chi connectivity index (χ0n) is 10.7. The van der Waals surface area contributed by atoms with E-state index in [-0.39, 0.29) is 6.09 Å². The first-order valence-electron chi connectivity index (χ1n) is 6.01. The summed E-state index contributed by atoms with van der Waals surface area (Å²) in [5.41, 5.74) is 2.18. The monoisotopic (exact) mass is 250 g/mol. The highest BCUT2D eigenvalue weighted by Gasteiger charge is 2.20. The number of hydrogen-bond donors (Lipinski definition) is 1. The molecule has 1 fully saturated rings. The van der Waals surface area contributed by atoms with Crippen LogP contribution in [0, 0.1) is 6.92 Å². The third-order valence-electron chi connectivity index (χ3n) is 2.99. The van der Waals surface area contributed by atoms with Crippen molar-refractivity contribution in [2.45, 2.75) is 6.92 Å². The number of ether oxygens (including phenoxy) is 2. The molecule has 1 amide bonds. The molecule has 0 atom stereocenters. The molecular weight excluding hydrogens is 232 g/mol. The Balaban J connectivity index is 1.87. The average molecular weight is 250 g/mol. The van der Waals surface area contributed by atoms with E-state index in [9.17, 15) is 4.79 Å². The molecule has 98 valence electrons. The lowest BCUT2D eigenvalue weighted by molar-refractivity contribution is 0.159. The van der Waals surface area contributed by atoms with E-state index in [0.29, 0.717) is 26.2 Å². The Hall–Kier alpha value is -1.91. The highest BCUT2D eigenvalue weighted by Crippen LogP contribution is 2.21. The predicted molar refractivity (Wildman–Crippen MR) is 69.1 cm³/mol. The van der Waals surface area contributed by atoms with Crippen molar-refractivity contribution in [3.05, 3.63) is 23.8 Å². The van der Waals surface area contributed by atoms with Gasteiger partial charge in [-0.05, 0) is 18.6 Å². The Morgan fingerprint density at radius 1 is 1.50 bits per heavy atom. The second-order valence-corrected chi connectivity index (χ2v) is 4.21. The van der Waals surface area contributed by atoms with Crippen LogP contribution in [0.25, 0.3) is 0 Å². The van der Waals surface area contributed by atoms with Gasteiger partial charge in [0.1, 0.15) is 12.4 Å². The van der Waals surface area contributed by atoms with Gasteiger partial charge in [0.25, 0.3) is 0 Å². The number of carbonyl (C=O) groups excluding carboxylic acids is 1. The molecule has 0 saturated carbocycles. The normalized spacial score (nSPS) is 14.6. The molecule has 1 heterocycles. The second kappa shape index (κ2) is 5.62. The van der Waals surface area contributed by atoms with Crippen LogP contribution in [0.15, 0.2) is 18.2 Å². The summed E-state index contributed by atoms with van der Waals surface area (Å²) in [7, 11) is 1.65. The minimum atomic E-state index is -0.223. The van der Waals surface area contributed by atoms with Gasteiger partial charge in [0, 0.05) is 24.8 Å². The van der Waals surface area contributed by atoms with E-state index in [1.54, 1.807) is 12.0 Å². The van der Waals surface area contributed by atoms with E-state index >= 15 is 0 Å². The van der Waals surface area contributed by atoms with Crippen LogP contribution in [0.4, 0.5) is 10.5 Å². The van der Waals surface area contributed by atoms with E-state index in [4.69, 9.17) is 9.47 Å². The Morgan fingerprint density at radius 3 is 3.00 bits per heavy atom. The summed E-state index contributed by atoms with van der Waals surface area (Å²) in [5.74, 6) is 0.823. The van der Waals surface area contributed by atoms with E-state index in [1.165, 1.54) is 0 Å². The average Bonchev–Trinajstić information content (AvgIpc) is 2.77. The Labute approximate surface area is 107 Å². The van der Waals surface area contributed by atoms with Crippen molar-refractivity contribution in [2.75, 3.05) is 38.7 Å². The third-order valence-corrected chi connectivity index (χ3v) is 2.99. The van der Waals surface area contributed by atoms with Gasteiger partial charge >= 0.3 is 6.09 Å². The van der Waals surface area contributed by atoms with Gasteiger partial charge in [0.15, 0.2) is 0 Å². The Morgan fingerprint density at radius 2 is 2.33 bits per heavy atom. The molecule has 1 saturated heterocycles. The van der Waals surface area contributed by atoms with Crippen LogP contribution in [0.5, 0.6) is 5.75 Å². The molecule has 1 N–H and O–H groups in total. The lowest BCUT2D eigenvalue weighted by Crippen LogP contribution is -2.29. The van der Waals surface area contributed by atoms with Gasteiger partial charge in [0.05, 0.1) is 13.7 Å². The van der Waals surface area contributed by atoms with Gasteiger partial charge in [-0.15, -0.1) is 0 Å². The number of nitrogens with one attached hydrogen (secondary N) is 1. The maximum absolute atomic E-state index is 11.2. The van der Waals surface area contributed by atoms with Crippen molar-refractivity contribution in [1.82, 2.24) is 4.90 Å². The minimum absolute atomic E-state index is 0.223. The molecule has 18 heavy (non-hydrogen) atoms. The number of benzene rings is 1. The maximum Gasteiger partial charge on any atom is 0.409 e. The molecule has 1 aromatic rings. The molecule has 5 nitrogen and oxygen atoms in total. The van der Waals surface area contributed by atoms with Gasteiger partial charge in [-0.25, -0.2) is 4.79 Å². The molecule has 1 aliphatic heterocycles. The van der Waals surface area contributed by atoms with Crippen LogP contribution in [0.3, 0.4) is 0 Å². The summed E-state index contributed by atoms with van der Waals surface area (Å²) in [6, 6.07) is 5.89. The first kappa shape index (κ1) is 12.5. The zero-order chi connectivity index (χ0) is 13.0. The summed E-state index contributed by atoms with van der Waals surface area (Å²) < 4.78 is 10.0. The topological polar surface area (TPSA) is 50.8 Å². The first-order valence-corrected chi connectivity index (χ1v) is 6.01. The number of nitrogens with zero attached hydrogens (tertiary/aromatic N) is 1. The molecule has 0 spiro atoms. The van der Waals surface area contributed by atoms with E-state index in [1.807, 2.05) is 25.1 Å². The Kier molecular flexibility index (Phi) is 3.92. The van der Waals surface area contributed by atoms with Crippen LogP contribution in [-0.4, -0.2) is 44.3 Å². The second-order valence-electron chi connectivity index (χ2n) is 4.21. The number of carbonyl (C=O) groups is 1. The molecule has 0 radical (unpaired) electrons. The lowest BCUT2D eigenvalue weighted by Gasteiger charge is -2.15. The van der Waals surface area contributed by atoms with Gasteiger partial charge in [-0.3, -0.25) is 0 Å². The summed E-state index contributed by atoms with van der Waals surface area (Å²) in [5, 5.41) is 3.31. The SMILES string of the molecule is COc1ccc(C)c(NCCN2CCOC2=O)c1. The van der Waals surface area contributed by atoms with Crippen molar-refractivity contribution in [3.8, 4) is 5.75 Å². The van der Waals surface area contributed by atoms with E-state index in [2.05, 4.69) is 5.32 Å². The number of rotatable bonds is 5. The molecule has 0 unspecified atom stereocenters. The fourth-order valence-corrected chi connectivity index (χ4v) is 1.87. The maximum atomic E-state index is 11.2.